The zero-order chi connectivity index (χ0) is 23.6. The van der Waals surface area contributed by atoms with Crippen LogP contribution in [0.3, 0.4) is 0 Å². The summed E-state index contributed by atoms with van der Waals surface area (Å²) in [6.07, 6.45) is 8.06. The first kappa shape index (κ1) is 23.5. The molecule has 174 valence electrons. The number of sulfone groups is 1. The van der Waals surface area contributed by atoms with Crippen molar-refractivity contribution in [2.45, 2.75) is 30.8 Å². The van der Waals surface area contributed by atoms with Gasteiger partial charge in [0.15, 0.2) is 5.03 Å². The molecule has 0 aliphatic heterocycles. The largest absolute Gasteiger partial charge is 0.352 e. The minimum Gasteiger partial charge on any atom is -0.352 e. The number of hydrogen-bond acceptors (Lipinski definition) is 5. The molecule has 0 bridgehead atoms. The van der Waals surface area contributed by atoms with Crippen molar-refractivity contribution in [3.8, 4) is 0 Å². The second-order valence-corrected chi connectivity index (χ2v) is 10.7. The average molecular weight is 508 g/mol. The van der Waals surface area contributed by atoms with Gasteiger partial charge in [-0.1, -0.05) is 35.3 Å². The van der Waals surface area contributed by atoms with Crippen LogP contribution in [-0.4, -0.2) is 46.2 Å². The zero-order valence-corrected chi connectivity index (χ0v) is 20.3. The summed E-state index contributed by atoms with van der Waals surface area (Å²) in [5.41, 5.74) is 4.13. The molecule has 11 heteroatoms. The van der Waals surface area contributed by atoms with Crippen molar-refractivity contribution in [1.82, 2.24) is 24.9 Å². The van der Waals surface area contributed by atoms with E-state index in [9.17, 15) is 13.2 Å². The Morgan fingerprint density at radius 1 is 1.24 bits per heavy atom. The van der Waals surface area contributed by atoms with Gasteiger partial charge in [-0.3, -0.25) is 14.2 Å². The maximum atomic E-state index is 12.3. The second kappa shape index (κ2) is 9.70. The van der Waals surface area contributed by atoms with Crippen LogP contribution in [0.5, 0.6) is 0 Å². The van der Waals surface area contributed by atoms with Crippen LogP contribution in [0, 0.1) is 0 Å². The van der Waals surface area contributed by atoms with E-state index in [4.69, 9.17) is 23.2 Å². The topological polar surface area (TPSA) is 98.9 Å². The molecule has 8 nitrogen and oxygen atoms in total. The number of hydrogen-bond donors (Lipinski definition) is 1. The summed E-state index contributed by atoms with van der Waals surface area (Å²) in [6, 6.07) is 6.76. The monoisotopic (exact) mass is 507 g/mol. The number of nitrogens with one attached hydrogen (secondary N) is 1. The molecular weight excluding hydrogens is 485 g/mol. The van der Waals surface area contributed by atoms with Gasteiger partial charge in [0.05, 0.1) is 18.4 Å². The lowest BCUT2D eigenvalue weighted by molar-refractivity contribution is -0.118. The molecule has 1 aliphatic rings. The highest BCUT2D eigenvalue weighted by Crippen LogP contribution is 2.31. The van der Waals surface area contributed by atoms with Gasteiger partial charge in [0, 0.05) is 29.8 Å². The Bertz CT molecular complexity index is 1330. The third-order valence-corrected chi connectivity index (χ3v) is 7.51. The molecule has 0 saturated carbocycles. The summed E-state index contributed by atoms with van der Waals surface area (Å²) < 4.78 is 28.0. The highest BCUT2D eigenvalue weighted by atomic mass is 35.5. The van der Waals surface area contributed by atoms with Crippen LogP contribution in [0.25, 0.3) is 5.57 Å². The molecule has 1 aliphatic carbocycles. The first-order valence-electron chi connectivity index (χ1n) is 10.4. The average Bonchev–Trinajstić information content (AvgIpc) is 3.37. The Morgan fingerprint density at radius 3 is 2.79 bits per heavy atom. The minimum absolute atomic E-state index is 0.111. The molecule has 1 aromatic carbocycles. The fourth-order valence-corrected chi connectivity index (χ4v) is 5.43. The van der Waals surface area contributed by atoms with Crippen molar-refractivity contribution >= 4 is 44.5 Å². The van der Waals surface area contributed by atoms with Crippen LogP contribution in [0.2, 0.25) is 10.0 Å². The summed E-state index contributed by atoms with van der Waals surface area (Å²) in [6.45, 7) is 0.718. The van der Waals surface area contributed by atoms with Crippen LogP contribution < -0.4 is 5.32 Å². The predicted octanol–water partition coefficient (Wildman–Crippen LogP) is 3.28. The van der Waals surface area contributed by atoms with Crippen molar-refractivity contribution in [3.05, 3.63) is 69.6 Å². The number of carbonyl (C=O) groups excluding carboxylic acids is 1. The summed E-state index contributed by atoms with van der Waals surface area (Å²) in [7, 11) is -2.16. The molecule has 3 aromatic rings. The zero-order valence-electron chi connectivity index (χ0n) is 18.0. The molecule has 1 amide bonds. The van der Waals surface area contributed by atoms with E-state index in [2.05, 4.69) is 15.5 Å². The number of rotatable bonds is 7. The van der Waals surface area contributed by atoms with E-state index in [1.807, 2.05) is 23.0 Å². The molecule has 33 heavy (non-hydrogen) atoms. The minimum atomic E-state index is -3.78. The first-order valence-corrected chi connectivity index (χ1v) is 12.8. The fraction of sp³-hybridized carbons (Fsp3) is 0.318. The molecule has 2 aromatic heterocycles. The summed E-state index contributed by atoms with van der Waals surface area (Å²) in [4.78, 5) is 12.3. The van der Waals surface area contributed by atoms with E-state index in [1.54, 1.807) is 19.2 Å². The Morgan fingerprint density at radius 2 is 2.06 bits per heavy atom. The lowest BCUT2D eigenvalue weighted by atomic mass is 9.92. The Hall–Kier alpha value is -2.62. The predicted molar refractivity (Wildman–Crippen MR) is 127 cm³/mol. The maximum Gasteiger partial charge on any atom is 0.235 e. The summed E-state index contributed by atoms with van der Waals surface area (Å²) >= 11 is 12.3. The van der Waals surface area contributed by atoms with Gasteiger partial charge in [0.1, 0.15) is 5.75 Å². The number of halogens is 2. The van der Waals surface area contributed by atoms with Gasteiger partial charge in [-0.2, -0.15) is 10.2 Å². The Labute approximate surface area is 202 Å². The third-order valence-electron chi connectivity index (χ3n) is 5.42. The molecule has 0 spiro atoms. The van der Waals surface area contributed by atoms with Crippen molar-refractivity contribution in [2.24, 2.45) is 7.05 Å². The lowest BCUT2D eigenvalue weighted by Crippen LogP contribution is -2.30. The SMILES string of the molecule is Cn1ccc(S(=O)(=O)CC(=O)NC/C=C2\CCCc3cnn(Cc4ccc(Cl)cc4Cl)c32)n1. The summed E-state index contributed by atoms with van der Waals surface area (Å²) in [5.74, 6) is -1.22. The van der Waals surface area contributed by atoms with Gasteiger partial charge in [0.25, 0.3) is 0 Å². The highest BCUT2D eigenvalue weighted by Gasteiger charge is 2.23. The standard InChI is InChI=1S/C22H23Cl2N5O3S/c1-28-10-8-21(27-28)33(31,32)14-20(30)25-9-7-15-3-2-4-16-12-26-29(22(15)16)13-17-5-6-18(23)11-19(17)24/h5-8,10-12H,2-4,9,13-14H2,1H3,(H,25,30)/b15-7+. The van der Waals surface area contributed by atoms with E-state index in [-0.39, 0.29) is 11.6 Å². The molecule has 0 saturated heterocycles. The van der Waals surface area contributed by atoms with Crippen LogP contribution in [0.15, 0.2) is 47.8 Å². The van der Waals surface area contributed by atoms with E-state index in [0.717, 1.165) is 41.7 Å². The van der Waals surface area contributed by atoms with Crippen LogP contribution in [0.1, 0.15) is 29.7 Å². The number of amides is 1. The van der Waals surface area contributed by atoms with E-state index < -0.39 is 21.5 Å². The number of aryl methyl sites for hydroxylation is 2. The smallest absolute Gasteiger partial charge is 0.235 e. The Balaban J connectivity index is 1.45. The summed E-state index contributed by atoms with van der Waals surface area (Å²) in [5, 5.41) is 12.1. The van der Waals surface area contributed by atoms with E-state index in [1.165, 1.54) is 16.9 Å². The molecule has 2 heterocycles. The Kier molecular flexibility index (Phi) is 6.92. The van der Waals surface area contributed by atoms with Crippen molar-refractivity contribution in [2.75, 3.05) is 12.3 Å². The second-order valence-electron chi connectivity index (χ2n) is 7.89. The third kappa shape index (κ3) is 5.48. The van der Waals surface area contributed by atoms with E-state index in [0.29, 0.717) is 16.6 Å². The fourth-order valence-electron chi connectivity index (χ4n) is 3.84. The number of carbonyl (C=O) groups is 1. The van der Waals surface area contributed by atoms with Gasteiger partial charge in [-0.15, -0.1) is 0 Å². The number of aromatic nitrogens is 4. The van der Waals surface area contributed by atoms with Gasteiger partial charge < -0.3 is 5.32 Å². The molecule has 4 rings (SSSR count). The van der Waals surface area contributed by atoms with Crippen molar-refractivity contribution in [3.63, 3.8) is 0 Å². The molecule has 0 radical (unpaired) electrons. The normalized spacial score (nSPS) is 14.9. The number of nitrogens with zero attached hydrogens (tertiary/aromatic N) is 4. The number of allylic oxidation sites excluding steroid dienone is 1. The number of fused-ring (bicyclic) bond motifs is 1. The van der Waals surface area contributed by atoms with E-state index >= 15 is 0 Å². The van der Waals surface area contributed by atoms with Crippen LogP contribution in [-0.2, 0) is 34.6 Å². The van der Waals surface area contributed by atoms with Gasteiger partial charge in [-0.05, 0) is 54.2 Å². The molecule has 0 unspecified atom stereocenters. The molecular formula is C22H23Cl2N5O3S. The number of benzene rings is 1. The molecule has 0 atom stereocenters. The van der Waals surface area contributed by atoms with Crippen LogP contribution in [0.4, 0.5) is 0 Å². The molecule has 1 N–H and O–H groups in total. The van der Waals surface area contributed by atoms with Gasteiger partial charge in [-0.25, -0.2) is 8.42 Å². The maximum absolute atomic E-state index is 12.3. The van der Waals surface area contributed by atoms with Crippen molar-refractivity contribution in [1.29, 1.82) is 0 Å². The van der Waals surface area contributed by atoms with Crippen molar-refractivity contribution < 1.29 is 13.2 Å². The molecule has 0 fully saturated rings. The first-order chi connectivity index (χ1) is 15.7. The quantitative estimate of drug-likeness (QED) is 0.528. The highest BCUT2D eigenvalue weighted by molar-refractivity contribution is 7.92. The van der Waals surface area contributed by atoms with Gasteiger partial charge in [0.2, 0.25) is 15.7 Å². The lowest BCUT2D eigenvalue weighted by Gasteiger charge is -2.18. The van der Waals surface area contributed by atoms with Crippen LogP contribution >= 0.6 is 23.2 Å². The van der Waals surface area contributed by atoms with Gasteiger partial charge >= 0.3 is 0 Å².